The highest BCUT2D eigenvalue weighted by Gasteiger charge is 2.42. The Kier molecular flexibility index (Phi) is 3.94. The van der Waals surface area contributed by atoms with Crippen LogP contribution < -0.4 is 0 Å². The van der Waals surface area contributed by atoms with Crippen LogP contribution in [0.5, 0.6) is 0 Å². The SMILES string of the molecule is C/C1=C(\C)COC(C)C(C)OCC2(CC1)CC2. The van der Waals surface area contributed by atoms with Gasteiger partial charge in [-0.3, -0.25) is 0 Å². The highest BCUT2D eigenvalue weighted by molar-refractivity contribution is 5.11. The maximum atomic E-state index is 5.99. The van der Waals surface area contributed by atoms with Gasteiger partial charge in [-0.05, 0) is 64.4 Å². The smallest absolute Gasteiger partial charge is 0.0810 e. The highest BCUT2D eigenvalue weighted by atomic mass is 16.5. The summed E-state index contributed by atoms with van der Waals surface area (Å²) in [5.74, 6) is 0. The van der Waals surface area contributed by atoms with Gasteiger partial charge >= 0.3 is 0 Å². The van der Waals surface area contributed by atoms with E-state index in [0.29, 0.717) is 5.41 Å². The number of allylic oxidation sites excluding steroid dienone is 1. The van der Waals surface area contributed by atoms with E-state index in [1.54, 1.807) is 0 Å². The Balaban J connectivity index is 2.05. The second-order valence-electron chi connectivity index (χ2n) is 6.09. The van der Waals surface area contributed by atoms with Crippen molar-refractivity contribution in [2.75, 3.05) is 13.2 Å². The average molecular weight is 238 g/mol. The van der Waals surface area contributed by atoms with Crippen LogP contribution in [0.4, 0.5) is 0 Å². The molecule has 1 spiro atoms. The molecule has 1 saturated carbocycles. The predicted molar refractivity (Wildman–Crippen MR) is 70.1 cm³/mol. The van der Waals surface area contributed by atoms with Gasteiger partial charge in [-0.25, -0.2) is 0 Å². The molecule has 0 radical (unpaired) electrons. The van der Waals surface area contributed by atoms with E-state index in [1.165, 1.54) is 36.8 Å². The number of hydrogen-bond acceptors (Lipinski definition) is 2. The van der Waals surface area contributed by atoms with Crippen molar-refractivity contribution in [3.8, 4) is 0 Å². The van der Waals surface area contributed by atoms with E-state index in [9.17, 15) is 0 Å². The third kappa shape index (κ3) is 3.32. The maximum absolute atomic E-state index is 5.99. The molecule has 2 unspecified atom stereocenters. The van der Waals surface area contributed by atoms with Crippen LogP contribution in [0.2, 0.25) is 0 Å². The summed E-state index contributed by atoms with van der Waals surface area (Å²) < 4.78 is 11.9. The lowest BCUT2D eigenvalue weighted by molar-refractivity contribution is -0.0624. The summed E-state index contributed by atoms with van der Waals surface area (Å²) in [6, 6.07) is 0. The molecule has 98 valence electrons. The van der Waals surface area contributed by atoms with Crippen molar-refractivity contribution in [2.24, 2.45) is 5.41 Å². The molecule has 0 bridgehead atoms. The molecule has 1 aliphatic heterocycles. The Bertz CT molecular complexity index is 302. The van der Waals surface area contributed by atoms with E-state index in [4.69, 9.17) is 9.47 Å². The van der Waals surface area contributed by atoms with Crippen LogP contribution in [0.25, 0.3) is 0 Å². The van der Waals surface area contributed by atoms with Gasteiger partial charge in [0.2, 0.25) is 0 Å². The second-order valence-corrected chi connectivity index (χ2v) is 6.09. The molecule has 2 nitrogen and oxygen atoms in total. The fraction of sp³-hybridized carbons (Fsp3) is 0.867. The molecule has 0 aromatic heterocycles. The van der Waals surface area contributed by atoms with Gasteiger partial charge in [-0.2, -0.15) is 0 Å². The first-order chi connectivity index (χ1) is 8.02. The predicted octanol–water partition coefficient (Wildman–Crippen LogP) is 3.71. The van der Waals surface area contributed by atoms with E-state index in [2.05, 4.69) is 27.7 Å². The molecular formula is C15H26O2. The van der Waals surface area contributed by atoms with Gasteiger partial charge in [0.15, 0.2) is 0 Å². The first-order valence-electron chi connectivity index (χ1n) is 6.91. The van der Waals surface area contributed by atoms with Crippen LogP contribution in [-0.4, -0.2) is 25.4 Å². The second kappa shape index (κ2) is 5.11. The van der Waals surface area contributed by atoms with Crippen molar-refractivity contribution in [2.45, 2.75) is 65.6 Å². The van der Waals surface area contributed by atoms with Gasteiger partial charge in [0, 0.05) is 0 Å². The molecule has 0 aromatic rings. The summed E-state index contributed by atoms with van der Waals surface area (Å²) in [5.41, 5.74) is 3.42. The van der Waals surface area contributed by atoms with E-state index < -0.39 is 0 Å². The Morgan fingerprint density at radius 3 is 2.24 bits per heavy atom. The molecule has 17 heavy (non-hydrogen) atoms. The van der Waals surface area contributed by atoms with Gasteiger partial charge in [-0.15, -0.1) is 0 Å². The van der Waals surface area contributed by atoms with Gasteiger partial charge < -0.3 is 9.47 Å². The zero-order valence-corrected chi connectivity index (χ0v) is 11.7. The lowest BCUT2D eigenvalue weighted by atomic mass is 9.96. The van der Waals surface area contributed by atoms with Crippen molar-refractivity contribution in [3.63, 3.8) is 0 Å². The molecule has 2 heteroatoms. The molecule has 2 atom stereocenters. The van der Waals surface area contributed by atoms with Gasteiger partial charge in [0.25, 0.3) is 0 Å². The lowest BCUT2D eigenvalue weighted by Gasteiger charge is -2.23. The molecule has 2 aliphatic rings. The summed E-state index contributed by atoms with van der Waals surface area (Å²) in [7, 11) is 0. The molecule has 1 aliphatic carbocycles. The van der Waals surface area contributed by atoms with E-state index in [1.807, 2.05) is 0 Å². The summed E-state index contributed by atoms with van der Waals surface area (Å²) in [6.45, 7) is 10.4. The number of hydrogen-bond donors (Lipinski definition) is 0. The highest BCUT2D eigenvalue weighted by Crippen LogP contribution is 2.50. The standard InChI is InChI=1S/C15H26O2/c1-11-5-6-15(7-8-15)10-17-14(4)13(3)16-9-12(11)2/h13-14H,5-10H2,1-4H3/b12-11-. The van der Waals surface area contributed by atoms with Gasteiger partial charge in [-0.1, -0.05) is 5.57 Å². The monoisotopic (exact) mass is 238 g/mol. The molecule has 0 aromatic carbocycles. The fourth-order valence-electron chi connectivity index (χ4n) is 2.27. The van der Waals surface area contributed by atoms with Crippen LogP contribution in [0.1, 0.15) is 53.4 Å². The molecule has 0 saturated heterocycles. The van der Waals surface area contributed by atoms with Crippen LogP contribution in [0.15, 0.2) is 11.1 Å². The van der Waals surface area contributed by atoms with Gasteiger partial charge in [0.05, 0.1) is 25.4 Å². The van der Waals surface area contributed by atoms with Crippen molar-refractivity contribution >= 4 is 0 Å². The average Bonchev–Trinajstić information content (AvgIpc) is 3.09. The van der Waals surface area contributed by atoms with Crippen molar-refractivity contribution < 1.29 is 9.47 Å². The Labute approximate surface area is 105 Å². The van der Waals surface area contributed by atoms with Crippen molar-refractivity contribution in [3.05, 3.63) is 11.1 Å². The zero-order valence-electron chi connectivity index (χ0n) is 11.7. The minimum absolute atomic E-state index is 0.187. The zero-order chi connectivity index (χ0) is 12.5. The molecule has 1 heterocycles. The molecule has 1 fully saturated rings. The van der Waals surface area contributed by atoms with Crippen LogP contribution in [-0.2, 0) is 9.47 Å². The summed E-state index contributed by atoms with van der Waals surface area (Å²) >= 11 is 0. The third-order valence-electron chi connectivity index (χ3n) is 4.59. The van der Waals surface area contributed by atoms with Crippen LogP contribution in [0, 0.1) is 5.41 Å². The largest absolute Gasteiger partial charge is 0.375 e. The molecule has 0 amide bonds. The molecular weight excluding hydrogens is 212 g/mol. The first kappa shape index (κ1) is 13.1. The Morgan fingerprint density at radius 2 is 1.59 bits per heavy atom. The third-order valence-corrected chi connectivity index (χ3v) is 4.59. The van der Waals surface area contributed by atoms with Crippen LogP contribution in [0.3, 0.4) is 0 Å². The fourth-order valence-corrected chi connectivity index (χ4v) is 2.27. The first-order valence-corrected chi connectivity index (χ1v) is 6.91. The van der Waals surface area contributed by atoms with Crippen molar-refractivity contribution in [1.29, 1.82) is 0 Å². The van der Waals surface area contributed by atoms with E-state index in [-0.39, 0.29) is 12.2 Å². The van der Waals surface area contributed by atoms with Crippen molar-refractivity contribution in [1.82, 2.24) is 0 Å². The Morgan fingerprint density at radius 1 is 0.941 bits per heavy atom. The van der Waals surface area contributed by atoms with E-state index >= 15 is 0 Å². The minimum atomic E-state index is 0.187. The Hall–Kier alpha value is -0.340. The molecule has 0 N–H and O–H groups in total. The quantitative estimate of drug-likeness (QED) is 0.599. The number of rotatable bonds is 0. The molecule has 2 rings (SSSR count). The normalized spacial score (nSPS) is 38.8. The summed E-state index contributed by atoms with van der Waals surface area (Å²) in [5, 5.41) is 0. The number of ether oxygens (including phenoxy) is 2. The van der Waals surface area contributed by atoms with Crippen LogP contribution >= 0.6 is 0 Å². The van der Waals surface area contributed by atoms with Gasteiger partial charge in [0.1, 0.15) is 0 Å². The lowest BCUT2D eigenvalue weighted by Crippen LogP contribution is -2.28. The van der Waals surface area contributed by atoms with E-state index in [0.717, 1.165) is 13.2 Å². The minimum Gasteiger partial charge on any atom is -0.375 e. The summed E-state index contributed by atoms with van der Waals surface area (Å²) in [6.07, 6.45) is 5.59. The maximum Gasteiger partial charge on any atom is 0.0810 e. The topological polar surface area (TPSA) is 18.5 Å². The summed E-state index contributed by atoms with van der Waals surface area (Å²) in [4.78, 5) is 0.